The topological polar surface area (TPSA) is 63.4 Å². The molecule has 1 amide bonds. The van der Waals surface area contributed by atoms with Gasteiger partial charge in [0.05, 0.1) is 12.1 Å². The number of nitrogens with two attached hydrogens (primary N) is 1. The number of rotatable bonds is 3. The molecule has 0 aliphatic heterocycles. The lowest BCUT2D eigenvalue weighted by Gasteiger charge is -2.38. The molecule has 0 saturated carbocycles. The van der Waals surface area contributed by atoms with Gasteiger partial charge in [0.15, 0.2) is 0 Å². The van der Waals surface area contributed by atoms with Crippen LogP contribution in [0, 0.1) is 0 Å². The van der Waals surface area contributed by atoms with Crippen LogP contribution in [-0.4, -0.2) is 34.7 Å². The van der Waals surface area contributed by atoms with Gasteiger partial charge < -0.3 is 10.6 Å². The highest BCUT2D eigenvalue weighted by Gasteiger charge is 2.32. The first-order valence-electron chi connectivity index (χ1n) is 4.68. The molecule has 0 rings (SSSR count). The molecule has 0 fully saturated rings. The zero-order chi connectivity index (χ0) is 11.5. The first-order valence-corrected chi connectivity index (χ1v) is 4.68. The number of carbonyl (C=O) groups is 1. The van der Waals surface area contributed by atoms with Gasteiger partial charge in [0.1, 0.15) is 0 Å². The van der Waals surface area contributed by atoms with Crippen LogP contribution in [0.5, 0.6) is 0 Å². The summed E-state index contributed by atoms with van der Waals surface area (Å²) >= 11 is 0. The van der Waals surface area contributed by atoms with Crippen molar-refractivity contribution in [2.45, 2.75) is 52.2 Å². The minimum atomic E-state index is -0.593. The van der Waals surface area contributed by atoms with E-state index in [0.29, 0.717) is 0 Å². The Morgan fingerprint density at radius 2 is 1.79 bits per heavy atom. The Hall–Kier alpha value is -0.900. The third-order valence-electron chi connectivity index (χ3n) is 1.91. The second-order valence-electron chi connectivity index (χ2n) is 4.46. The number of nitrogens with zero attached hydrogens (tertiary/aromatic N) is 1. The van der Waals surface area contributed by atoms with E-state index < -0.39 is 17.6 Å². The fourth-order valence-corrected chi connectivity index (χ4v) is 1.37. The predicted octanol–water partition coefficient (Wildman–Crippen LogP) is 0.459. The van der Waals surface area contributed by atoms with Crippen molar-refractivity contribution in [1.29, 1.82) is 0 Å². The second-order valence-corrected chi connectivity index (χ2v) is 4.46. The number of carbonyl (C=O) groups excluding carboxylic acids is 2. The lowest BCUT2D eigenvalue weighted by atomic mass is 10.0. The molecule has 0 unspecified atom stereocenters. The van der Waals surface area contributed by atoms with E-state index in [1.54, 1.807) is 20.1 Å². The molecule has 4 heteroatoms. The molecule has 81 valence electrons. The molecule has 0 aliphatic carbocycles. The minimum Gasteiger partial charge on any atom is -0.326 e. The van der Waals surface area contributed by atoms with Crippen molar-refractivity contribution in [3.05, 3.63) is 0 Å². The van der Waals surface area contributed by atoms with Crippen LogP contribution in [0.1, 0.15) is 34.6 Å². The van der Waals surface area contributed by atoms with Crippen LogP contribution < -0.4 is 5.73 Å². The molecule has 0 aromatic heterocycles. The molecule has 0 bridgehead atoms. The molecule has 14 heavy (non-hydrogen) atoms. The Labute approximate surface area is 85.4 Å². The largest absolute Gasteiger partial charge is 0.326 e. The standard InChI is InChI=1S/C10H19N2O2/c1-7(6-13)12(10(3,4)5)9(14)8(2)11/h7-8H,11H2,1-5H3/t7-,8-/m0/s1. The Balaban J connectivity index is 4.92. The van der Waals surface area contributed by atoms with Crippen molar-refractivity contribution in [3.8, 4) is 0 Å². The van der Waals surface area contributed by atoms with E-state index in [1.807, 2.05) is 20.8 Å². The first kappa shape index (κ1) is 13.1. The maximum absolute atomic E-state index is 11.7. The lowest BCUT2D eigenvalue weighted by Crippen LogP contribution is -2.55. The maximum atomic E-state index is 11.7. The molecule has 0 heterocycles. The molecule has 4 nitrogen and oxygen atoms in total. The van der Waals surface area contributed by atoms with E-state index in [4.69, 9.17) is 5.73 Å². The van der Waals surface area contributed by atoms with Crippen LogP contribution in [0.4, 0.5) is 0 Å². The summed E-state index contributed by atoms with van der Waals surface area (Å²) in [7, 11) is 0. The van der Waals surface area contributed by atoms with Gasteiger partial charge in [-0.25, -0.2) is 0 Å². The van der Waals surface area contributed by atoms with Crippen molar-refractivity contribution < 1.29 is 9.59 Å². The molecule has 0 aromatic rings. The molecule has 2 atom stereocenters. The number of hydrogen-bond acceptors (Lipinski definition) is 3. The fraction of sp³-hybridized carbons (Fsp3) is 0.800. The van der Waals surface area contributed by atoms with Gasteiger partial charge in [-0.1, -0.05) is 0 Å². The highest BCUT2D eigenvalue weighted by molar-refractivity contribution is 5.84. The molecule has 1 radical (unpaired) electrons. The van der Waals surface area contributed by atoms with E-state index >= 15 is 0 Å². The van der Waals surface area contributed by atoms with E-state index in [2.05, 4.69) is 0 Å². The van der Waals surface area contributed by atoms with E-state index in [1.165, 1.54) is 4.90 Å². The summed E-state index contributed by atoms with van der Waals surface area (Å²) in [6.45, 7) is 8.83. The van der Waals surface area contributed by atoms with Crippen LogP contribution in [0.3, 0.4) is 0 Å². The maximum Gasteiger partial charge on any atom is 0.240 e. The summed E-state index contributed by atoms with van der Waals surface area (Å²) in [5.41, 5.74) is 5.09. The number of amides is 1. The molecule has 0 spiro atoms. The zero-order valence-electron chi connectivity index (χ0n) is 9.50. The average Bonchev–Trinajstić information content (AvgIpc) is 2.01. The van der Waals surface area contributed by atoms with Crippen molar-refractivity contribution in [3.63, 3.8) is 0 Å². The van der Waals surface area contributed by atoms with Gasteiger partial charge in [-0.05, 0) is 34.6 Å². The first-order chi connectivity index (χ1) is 6.21. The van der Waals surface area contributed by atoms with E-state index in [-0.39, 0.29) is 5.91 Å². The third-order valence-corrected chi connectivity index (χ3v) is 1.91. The van der Waals surface area contributed by atoms with Gasteiger partial charge in [0.2, 0.25) is 12.2 Å². The normalized spacial score (nSPS) is 15.9. The Kier molecular flexibility index (Phi) is 4.26. The SMILES string of the molecule is C[C@H](N)C(=O)N([C@@H](C)[C]=O)C(C)(C)C. The highest BCUT2D eigenvalue weighted by atomic mass is 16.2. The zero-order valence-corrected chi connectivity index (χ0v) is 9.50. The summed E-state index contributed by atoms with van der Waals surface area (Å²) in [6.07, 6.45) is 1.81. The van der Waals surface area contributed by atoms with Crippen molar-refractivity contribution in [2.75, 3.05) is 0 Å². The minimum absolute atomic E-state index is 0.228. The van der Waals surface area contributed by atoms with Gasteiger partial charge in [0, 0.05) is 5.54 Å². The quantitative estimate of drug-likeness (QED) is 0.718. The molecule has 0 aromatic carbocycles. The third kappa shape index (κ3) is 3.10. The van der Waals surface area contributed by atoms with Crippen molar-refractivity contribution >= 4 is 12.2 Å². The summed E-state index contributed by atoms with van der Waals surface area (Å²) < 4.78 is 0. The summed E-state index contributed by atoms with van der Waals surface area (Å²) in [6, 6.07) is -1.15. The Morgan fingerprint density at radius 1 is 1.36 bits per heavy atom. The predicted molar refractivity (Wildman–Crippen MR) is 55.4 cm³/mol. The van der Waals surface area contributed by atoms with Gasteiger partial charge in [-0.3, -0.25) is 9.59 Å². The van der Waals surface area contributed by atoms with Crippen LogP contribution >= 0.6 is 0 Å². The molecule has 0 saturated heterocycles. The van der Waals surface area contributed by atoms with E-state index in [9.17, 15) is 9.59 Å². The molecule has 2 N–H and O–H groups in total. The Bertz CT molecular complexity index is 219. The molecular formula is C10H19N2O2. The van der Waals surface area contributed by atoms with Gasteiger partial charge in [0.25, 0.3) is 0 Å². The summed E-state index contributed by atoms with van der Waals surface area (Å²) in [5, 5.41) is 0. The Morgan fingerprint density at radius 3 is 2.00 bits per heavy atom. The van der Waals surface area contributed by atoms with Crippen LogP contribution in [0.15, 0.2) is 0 Å². The summed E-state index contributed by atoms with van der Waals surface area (Å²) in [4.78, 5) is 23.7. The van der Waals surface area contributed by atoms with Gasteiger partial charge in [-0.15, -0.1) is 0 Å². The van der Waals surface area contributed by atoms with Crippen molar-refractivity contribution in [2.24, 2.45) is 5.73 Å². The second kappa shape index (κ2) is 4.55. The molecular weight excluding hydrogens is 180 g/mol. The smallest absolute Gasteiger partial charge is 0.240 e. The van der Waals surface area contributed by atoms with Crippen LogP contribution in [0.2, 0.25) is 0 Å². The van der Waals surface area contributed by atoms with Crippen molar-refractivity contribution in [1.82, 2.24) is 4.90 Å². The molecule has 0 aliphatic rings. The highest BCUT2D eigenvalue weighted by Crippen LogP contribution is 2.17. The van der Waals surface area contributed by atoms with Gasteiger partial charge >= 0.3 is 0 Å². The fourth-order valence-electron chi connectivity index (χ4n) is 1.37. The number of hydrogen-bond donors (Lipinski definition) is 1. The average molecular weight is 199 g/mol. The van der Waals surface area contributed by atoms with E-state index in [0.717, 1.165) is 0 Å². The monoisotopic (exact) mass is 199 g/mol. The van der Waals surface area contributed by atoms with Gasteiger partial charge in [-0.2, -0.15) is 0 Å². The lowest BCUT2D eigenvalue weighted by molar-refractivity contribution is -0.138. The van der Waals surface area contributed by atoms with Crippen LogP contribution in [-0.2, 0) is 9.59 Å². The van der Waals surface area contributed by atoms with Crippen LogP contribution in [0.25, 0.3) is 0 Å². The summed E-state index contributed by atoms with van der Waals surface area (Å²) in [5.74, 6) is -0.228.